The molecule has 1 aromatic carbocycles. The number of pyridine rings is 1. The van der Waals surface area contributed by atoms with Crippen LogP contribution in [0.3, 0.4) is 0 Å². The van der Waals surface area contributed by atoms with Crippen molar-refractivity contribution in [2.45, 2.75) is 18.1 Å². The molecule has 0 saturated carbocycles. The highest BCUT2D eigenvalue weighted by molar-refractivity contribution is 7.81. The first-order chi connectivity index (χ1) is 9.75. The van der Waals surface area contributed by atoms with Crippen LogP contribution in [0, 0.1) is 0 Å². The monoisotopic (exact) mass is 286 g/mol. The van der Waals surface area contributed by atoms with Crippen LogP contribution in [0.2, 0.25) is 0 Å². The molecule has 0 bridgehead atoms. The number of benzene rings is 1. The van der Waals surface area contributed by atoms with Crippen LogP contribution in [0.4, 0.5) is 0 Å². The van der Waals surface area contributed by atoms with Crippen LogP contribution < -0.4 is 5.32 Å². The number of amides is 1. The van der Waals surface area contributed by atoms with E-state index in [0.29, 0.717) is 13.0 Å². The molecule has 104 valence electrons. The van der Waals surface area contributed by atoms with Gasteiger partial charge in [-0.05, 0) is 24.1 Å². The smallest absolute Gasteiger partial charge is 0.233 e. The van der Waals surface area contributed by atoms with E-state index >= 15 is 0 Å². The normalized spacial score (nSPS) is 11.8. The van der Waals surface area contributed by atoms with Crippen molar-refractivity contribution in [2.75, 3.05) is 6.54 Å². The number of thiol groups is 1. The Labute approximate surface area is 124 Å². The van der Waals surface area contributed by atoms with E-state index in [4.69, 9.17) is 0 Å². The SMILES string of the molecule is O=C(NCCc1ccccn1)C(S)Cc1ccccc1. The number of aromatic nitrogens is 1. The summed E-state index contributed by atoms with van der Waals surface area (Å²) in [6.45, 7) is 0.585. The summed E-state index contributed by atoms with van der Waals surface area (Å²) < 4.78 is 0. The summed E-state index contributed by atoms with van der Waals surface area (Å²) in [6, 6.07) is 15.7. The molecule has 4 heteroatoms. The molecule has 2 rings (SSSR count). The van der Waals surface area contributed by atoms with E-state index in [9.17, 15) is 4.79 Å². The van der Waals surface area contributed by atoms with Crippen molar-refractivity contribution in [2.24, 2.45) is 0 Å². The molecule has 3 nitrogen and oxygen atoms in total. The fourth-order valence-corrected chi connectivity index (χ4v) is 2.21. The zero-order chi connectivity index (χ0) is 14.2. The molecule has 0 fully saturated rings. The minimum absolute atomic E-state index is 0.0342. The van der Waals surface area contributed by atoms with Gasteiger partial charge in [-0.25, -0.2) is 0 Å². The van der Waals surface area contributed by atoms with E-state index in [1.165, 1.54) is 0 Å². The lowest BCUT2D eigenvalue weighted by atomic mass is 10.1. The zero-order valence-electron chi connectivity index (χ0n) is 11.2. The first kappa shape index (κ1) is 14.6. The van der Waals surface area contributed by atoms with Crippen LogP contribution >= 0.6 is 12.6 Å². The third-order valence-electron chi connectivity index (χ3n) is 2.98. The Kier molecular flexibility index (Phi) is 5.62. The Balaban J connectivity index is 1.74. The van der Waals surface area contributed by atoms with Gasteiger partial charge in [-0.15, -0.1) is 0 Å². The topological polar surface area (TPSA) is 42.0 Å². The van der Waals surface area contributed by atoms with Gasteiger partial charge < -0.3 is 5.32 Å². The van der Waals surface area contributed by atoms with Crippen molar-refractivity contribution in [3.63, 3.8) is 0 Å². The molecule has 1 heterocycles. The van der Waals surface area contributed by atoms with Gasteiger partial charge in [-0.2, -0.15) is 12.6 Å². The molecule has 0 spiro atoms. The summed E-state index contributed by atoms with van der Waals surface area (Å²) in [4.78, 5) is 16.1. The lowest BCUT2D eigenvalue weighted by Crippen LogP contribution is -2.34. The van der Waals surface area contributed by atoms with E-state index in [0.717, 1.165) is 17.7 Å². The molecule has 0 saturated heterocycles. The van der Waals surface area contributed by atoms with E-state index in [-0.39, 0.29) is 11.2 Å². The molecule has 2 aromatic rings. The fourth-order valence-electron chi connectivity index (χ4n) is 1.91. The molecular weight excluding hydrogens is 268 g/mol. The quantitative estimate of drug-likeness (QED) is 0.800. The van der Waals surface area contributed by atoms with Crippen LogP contribution in [-0.2, 0) is 17.6 Å². The number of nitrogens with zero attached hydrogens (tertiary/aromatic N) is 1. The van der Waals surface area contributed by atoms with E-state index < -0.39 is 0 Å². The van der Waals surface area contributed by atoms with Gasteiger partial charge >= 0.3 is 0 Å². The molecule has 0 aliphatic rings. The second kappa shape index (κ2) is 7.70. The third-order valence-corrected chi connectivity index (χ3v) is 3.40. The Morgan fingerprint density at radius 3 is 2.60 bits per heavy atom. The van der Waals surface area contributed by atoms with E-state index in [1.54, 1.807) is 6.20 Å². The molecule has 20 heavy (non-hydrogen) atoms. The Morgan fingerprint density at radius 2 is 1.90 bits per heavy atom. The molecule has 0 aliphatic heterocycles. The molecule has 1 atom stereocenters. The number of hydrogen-bond donors (Lipinski definition) is 2. The first-order valence-electron chi connectivity index (χ1n) is 6.65. The van der Waals surface area contributed by atoms with Crippen molar-refractivity contribution < 1.29 is 4.79 Å². The lowest BCUT2D eigenvalue weighted by Gasteiger charge is -2.11. The van der Waals surface area contributed by atoms with Crippen LogP contribution in [0.5, 0.6) is 0 Å². The number of carbonyl (C=O) groups excluding carboxylic acids is 1. The molecule has 1 aromatic heterocycles. The van der Waals surface area contributed by atoms with Crippen LogP contribution in [0.1, 0.15) is 11.3 Å². The maximum absolute atomic E-state index is 11.9. The van der Waals surface area contributed by atoms with Gasteiger partial charge in [0, 0.05) is 24.9 Å². The highest BCUT2D eigenvalue weighted by Gasteiger charge is 2.13. The highest BCUT2D eigenvalue weighted by Crippen LogP contribution is 2.07. The minimum Gasteiger partial charge on any atom is -0.355 e. The van der Waals surface area contributed by atoms with Gasteiger partial charge in [0.1, 0.15) is 0 Å². The maximum atomic E-state index is 11.9. The van der Waals surface area contributed by atoms with Gasteiger partial charge in [0.25, 0.3) is 0 Å². The van der Waals surface area contributed by atoms with Gasteiger partial charge in [0.05, 0.1) is 5.25 Å². The molecule has 1 unspecified atom stereocenters. The summed E-state index contributed by atoms with van der Waals surface area (Å²) in [5, 5.41) is 2.58. The Hall–Kier alpha value is -1.81. The Bertz CT molecular complexity index is 531. The second-order valence-electron chi connectivity index (χ2n) is 4.57. The van der Waals surface area contributed by atoms with Crippen molar-refractivity contribution in [1.29, 1.82) is 0 Å². The van der Waals surface area contributed by atoms with Crippen LogP contribution in [-0.4, -0.2) is 22.7 Å². The highest BCUT2D eigenvalue weighted by atomic mass is 32.1. The number of carbonyl (C=O) groups is 1. The molecule has 0 aliphatic carbocycles. The van der Waals surface area contributed by atoms with E-state index in [2.05, 4.69) is 22.9 Å². The van der Waals surface area contributed by atoms with Gasteiger partial charge in [-0.3, -0.25) is 9.78 Å². The Morgan fingerprint density at radius 1 is 1.15 bits per heavy atom. The van der Waals surface area contributed by atoms with Crippen molar-refractivity contribution >= 4 is 18.5 Å². The number of hydrogen-bond acceptors (Lipinski definition) is 3. The van der Waals surface area contributed by atoms with Crippen LogP contribution in [0.25, 0.3) is 0 Å². The predicted molar refractivity (Wildman–Crippen MR) is 83.9 cm³/mol. The van der Waals surface area contributed by atoms with Gasteiger partial charge in [0.2, 0.25) is 5.91 Å². The largest absolute Gasteiger partial charge is 0.355 e. The minimum atomic E-state index is -0.318. The summed E-state index contributed by atoms with van der Waals surface area (Å²) in [5.41, 5.74) is 2.10. The summed E-state index contributed by atoms with van der Waals surface area (Å²) in [7, 11) is 0. The maximum Gasteiger partial charge on any atom is 0.233 e. The number of nitrogens with one attached hydrogen (secondary N) is 1. The van der Waals surface area contributed by atoms with Gasteiger partial charge in [0.15, 0.2) is 0 Å². The second-order valence-corrected chi connectivity index (χ2v) is 5.19. The molecule has 0 radical (unpaired) electrons. The average molecular weight is 286 g/mol. The van der Waals surface area contributed by atoms with Crippen molar-refractivity contribution in [3.8, 4) is 0 Å². The standard InChI is InChI=1S/C16H18N2OS/c19-16(15(20)12-13-6-2-1-3-7-13)18-11-9-14-8-4-5-10-17-14/h1-8,10,15,20H,9,11-12H2,(H,18,19). The molecule has 1 amide bonds. The van der Waals surface area contributed by atoms with Crippen molar-refractivity contribution in [1.82, 2.24) is 10.3 Å². The first-order valence-corrected chi connectivity index (χ1v) is 7.17. The molecule has 1 N–H and O–H groups in total. The summed E-state index contributed by atoms with van der Waals surface area (Å²) >= 11 is 4.37. The predicted octanol–water partition coefficient (Wildman–Crippen LogP) is 2.28. The zero-order valence-corrected chi connectivity index (χ0v) is 12.1. The average Bonchev–Trinajstić information content (AvgIpc) is 2.49. The van der Waals surface area contributed by atoms with Gasteiger partial charge in [-0.1, -0.05) is 36.4 Å². The lowest BCUT2D eigenvalue weighted by molar-refractivity contribution is -0.120. The fraction of sp³-hybridized carbons (Fsp3) is 0.250. The molecular formula is C16H18N2OS. The number of rotatable bonds is 6. The summed E-state index contributed by atoms with van der Waals surface area (Å²) in [6.07, 6.45) is 3.13. The van der Waals surface area contributed by atoms with E-state index in [1.807, 2.05) is 48.5 Å². The van der Waals surface area contributed by atoms with Crippen molar-refractivity contribution in [3.05, 3.63) is 66.0 Å². The van der Waals surface area contributed by atoms with Crippen LogP contribution in [0.15, 0.2) is 54.7 Å². The third kappa shape index (κ3) is 4.70. The summed E-state index contributed by atoms with van der Waals surface area (Å²) in [5.74, 6) is -0.0342.